The van der Waals surface area contributed by atoms with Crippen molar-refractivity contribution in [2.45, 2.75) is 25.3 Å². The molecule has 0 radical (unpaired) electrons. The van der Waals surface area contributed by atoms with Crippen molar-refractivity contribution < 1.29 is 4.39 Å². The van der Waals surface area contributed by atoms with Gasteiger partial charge < -0.3 is 11.1 Å². The monoisotopic (exact) mass is 222 g/mol. The van der Waals surface area contributed by atoms with E-state index in [9.17, 15) is 4.39 Å². The Hall–Kier alpha value is -0.930. The van der Waals surface area contributed by atoms with Crippen LogP contribution in [0.1, 0.15) is 30.9 Å². The fraction of sp³-hybridized carbons (Fsp3) is 0.538. The van der Waals surface area contributed by atoms with E-state index in [-0.39, 0.29) is 17.3 Å². The van der Waals surface area contributed by atoms with E-state index in [1.807, 2.05) is 19.2 Å². The Bertz CT molecular complexity index is 355. The Morgan fingerprint density at radius 3 is 2.56 bits per heavy atom. The molecule has 1 aromatic rings. The van der Waals surface area contributed by atoms with Gasteiger partial charge in [0.05, 0.1) is 0 Å². The second-order valence-electron chi connectivity index (χ2n) is 4.66. The van der Waals surface area contributed by atoms with Crippen LogP contribution in [0.25, 0.3) is 0 Å². The minimum atomic E-state index is -0.137. The summed E-state index contributed by atoms with van der Waals surface area (Å²) in [5, 5.41) is 3.23. The maximum Gasteiger partial charge on any atom is 0.127 e. The summed E-state index contributed by atoms with van der Waals surface area (Å²) in [6.07, 6.45) is 3.37. The molecule has 0 aromatic heterocycles. The van der Waals surface area contributed by atoms with Gasteiger partial charge in [0.1, 0.15) is 5.82 Å². The summed E-state index contributed by atoms with van der Waals surface area (Å²) >= 11 is 0. The number of halogens is 1. The molecule has 1 aliphatic carbocycles. The Labute approximate surface area is 96.0 Å². The van der Waals surface area contributed by atoms with Gasteiger partial charge in [0.15, 0.2) is 0 Å². The van der Waals surface area contributed by atoms with E-state index in [0.29, 0.717) is 6.54 Å². The summed E-state index contributed by atoms with van der Waals surface area (Å²) in [5.74, 6) is -0.137. The largest absolute Gasteiger partial charge is 0.330 e. The van der Waals surface area contributed by atoms with Crippen LogP contribution in [-0.2, 0) is 0 Å². The van der Waals surface area contributed by atoms with Crippen molar-refractivity contribution in [1.29, 1.82) is 0 Å². The lowest BCUT2D eigenvalue weighted by Gasteiger charge is -2.47. The number of hydrogen-bond donors (Lipinski definition) is 2. The first-order valence-corrected chi connectivity index (χ1v) is 5.85. The van der Waals surface area contributed by atoms with Crippen LogP contribution < -0.4 is 11.1 Å². The summed E-state index contributed by atoms with van der Waals surface area (Å²) in [5.41, 5.74) is 6.67. The molecular weight excluding hydrogens is 203 g/mol. The molecule has 16 heavy (non-hydrogen) atoms. The van der Waals surface area contributed by atoms with Gasteiger partial charge >= 0.3 is 0 Å². The maximum atomic E-state index is 13.8. The molecule has 0 spiro atoms. The third kappa shape index (κ3) is 1.74. The highest BCUT2D eigenvalue weighted by Crippen LogP contribution is 2.49. The lowest BCUT2D eigenvalue weighted by atomic mass is 9.62. The van der Waals surface area contributed by atoms with E-state index < -0.39 is 0 Å². The van der Waals surface area contributed by atoms with E-state index in [0.717, 1.165) is 18.4 Å². The normalized spacial score (nSPS) is 20.2. The van der Waals surface area contributed by atoms with E-state index >= 15 is 0 Å². The summed E-state index contributed by atoms with van der Waals surface area (Å²) in [7, 11) is 1.88. The smallest absolute Gasteiger partial charge is 0.127 e. The molecule has 1 aliphatic rings. The van der Waals surface area contributed by atoms with Crippen molar-refractivity contribution in [3.8, 4) is 0 Å². The molecule has 0 aliphatic heterocycles. The molecule has 0 bridgehead atoms. The molecule has 1 unspecified atom stereocenters. The second-order valence-corrected chi connectivity index (χ2v) is 4.66. The fourth-order valence-corrected chi connectivity index (χ4v) is 2.74. The van der Waals surface area contributed by atoms with Crippen LogP contribution in [0.3, 0.4) is 0 Å². The van der Waals surface area contributed by atoms with Crippen LogP contribution in [0.5, 0.6) is 0 Å². The Morgan fingerprint density at radius 1 is 1.44 bits per heavy atom. The zero-order valence-corrected chi connectivity index (χ0v) is 9.67. The quantitative estimate of drug-likeness (QED) is 0.819. The van der Waals surface area contributed by atoms with Crippen molar-refractivity contribution in [3.63, 3.8) is 0 Å². The van der Waals surface area contributed by atoms with Gasteiger partial charge in [0, 0.05) is 17.0 Å². The Morgan fingerprint density at radius 2 is 2.12 bits per heavy atom. The van der Waals surface area contributed by atoms with Crippen LogP contribution in [0.15, 0.2) is 24.3 Å². The molecule has 88 valence electrons. The highest BCUT2D eigenvalue weighted by Gasteiger charge is 2.43. The van der Waals surface area contributed by atoms with Gasteiger partial charge in [0.25, 0.3) is 0 Å². The van der Waals surface area contributed by atoms with Crippen molar-refractivity contribution in [2.24, 2.45) is 11.1 Å². The summed E-state index contributed by atoms with van der Waals surface area (Å²) in [4.78, 5) is 0. The Kier molecular flexibility index (Phi) is 3.26. The fourth-order valence-electron chi connectivity index (χ4n) is 2.74. The molecule has 0 heterocycles. The molecule has 0 amide bonds. The molecule has 3 heteroatoms. The molecule has 2 nitrogen and oxygen atoms in total. The van der Waals surface area contributed by atoms with Crippen molar-refractivity contribution >= 4 is 0 Å². The summed E-state index contributed by atoms with van der Waals surface area (Å²) in [6.45, 7) is 0.618. The minimum Gasteiger partial charge on any atom is -0.330 e. The van der Waals surface area contributed by atoms with E-state index in [2.05, 4.69) is 5.32 Å². The molecular formula is C13H19FN2. The average Bonchev–Trinajstić information content (AvgIpc) is 2.25. The molecule has 3 N–H and O–H groups in total. The van der Waals surface area contributed by atoms with Crippen molar-refractivity contribution in [3.05, 3.63) is 35.6 Å². The highest BCUT2D eigenvalue weighted by atomic mass is 19.1. The highest BCUT2D eigenvalue weighted by molar-refractivity contribution is 5.24. The third-order valence-corrected chi connectivity index (χ3v) is 3.87. The SMILES string of the molecule is CNC(c1ccccc1F)C1(CN)CCC1. The number of benzene rings is 1. The van der Waals surface area contributed by atoms with Crippen molar-refractivity contribution in [1.82, 2.24) is 5.32 Å². The first-order valence-electron chi connectivity index (χ1n) is 5.85. The lowest BCUT2D eigenvalue weighted by molar-refractivity contribution is 0.0860. The van der Waals surface area contributed by atoms with Gasteiger partial charge in [-0.05, 0) is 32.5 Å². The van der Waals surface area contributed by atoms with Gasteiger partial charge in [-0.3, -0.25) is 0 Å². The molecule has 1 fully saturated rings. The number of nitrogens with one attached hydrogen (secondary N) is 1. The van der Waals surface area contributed by atoms with Gasteiger partial charge in [-0.2, -0.15) is 0 Å². The maximum absolute atomic E-state index is 13.8. The second kappa shape index (κ2) is 4.52. The minimum absolute atomic E-state index is 0.0347. The molecule has 2 rings (SSSR count). The van der Waals surface area contributed by atoms with Gasteiger partial charge in [0.2, 0.25) is 0 Å². The van der Waals surface area contributed by atoms with E-state index in [1.165, 1.54) is 12.5 Å². The first-order chi connectivity index (χ1) is 7.73. The molecule has 1 saturated carbocycles. The van der Waals surface area contributed by atoms with Gasteiger partial charge in [-0.1, -0.05) is 24.6 Å². The van der Waals surface area contributed by atoms with Crippen molar-refractivity contribution in [2.75, 3.05) is 13.6 Å². The van der Waals surface area contributed by atoms with Gasteiger partial charge in [-0.15, -0.1) is 0 Å². The standard InChI is InChI=1S/C13H19FN2/c1-16-12(13(9-15)7-4-8-13)10-5-2-3-6-11(10)14/h2-3,5-6,12,16H,4,7-9,15H2,1H3. The van der Waals surface area contributed by atoms with Gasteiger partial charge in [-0.25, -0.2) is 4.39 Å². The number of nitrogens with two attached hydrogens (primary N) is 1. The predicted molar refractivity (Wildman–Crippen MR) is 63.5 cm³/mol. The van der Waals surface area contributed by atoms with E-state index in [4.69, 9.17) is 5.73 Å². The Balaban J connectivity index is 2.32. The van der Waals surface area contributed by atoms with E-state index in [1.54, 1.807) is 6.07 Å². The zero-order valence-electron chi connectivity index (χ0n) is 9.67. The summed E-state index contributed by atoms with van der Waals surface area (Å²) in [6, 6.07) is 7.01. The zero-order chi connectivity index (χ0) is 11.6. The summed E-state index contributed by atoms with van der Waals surface area (Å²) < 4.78 is 13.8. The first kappa shape index (κ1) is 11.6. The number of hydrogen-bond acceptors (Lipinski definition) is 2. The van der Waals surface area contributed by atoms with Crippen LogP contribution in [0, 0.1) is 11.2 Å². The number of rotatable bonds is 4. The van der Waals surface area contributed by atoms with Crippen LogP contribution in [0.2, 0.25) is 0 Å². The lowest BCUT2D eigenvalue weighted by Crippen LogP contribution is -2.47. The molecule has 1 aromatic carbocycles. The van der Waals surface area contributed by atoms with Crippen LogP contribution in [0.4, 0.5) is 4.39 Å². The van der Waals surface area contributed by atoms with Crippen LogP contribution >= 0.6 is 0 Å². The average molecular weight is 222 g/mol. The molecule has 1 atom stereocenters. The topological polar surface area (TPSA) is 38.0 Å². The third-order valence-electron chi connectivity index (χ3n) is 3.87. The predicted octanol–water partition coefficient (Wildman–Crippen LogP) is 2.22. The molecule has 0 saturated heterocycles. The van der Waals surface area contributed by atoms with Crippen LogP contribution in [-0.4, -0.2) is 13.6 Å².